The third kappa shape index (κ3) is 1.50. The van der Waals surface area contributed by atoms with Gasteiger partial charge in [-0.1, -0.05) is 31.0 Å². The van der Waals surface area contributed by atoms with Crippen LogP contribution in [0.5, 0.6) is 0 Å². The average molecular weight is 239 g/mol. The molecule has 2 aliphatic rings. The van der Waals surface area contributed by atoms with Crippen LogP contribution < -0.4 is 0 Å². The Bertz CT molecular complexity index is 534. The molecule has 2 aliphatic carbocycles. The standard InChI is InChI=1S/C15H17N3/c1-2-6-11(7-3-1)18-10-16-17-15(18)14-12-8-4-5-9-13(12)14/h1-3,6-7,10,12-14H,4-5,8-9H2. The van der Waals surface area contributed by atoms with Gasteiger partial charge in [0.1, 0.15) is 12.2 Å². The van der Waals surface area contributed by atoms with E-state index < -0.39 is 0 Å². The molecule has 2 aromatic rings. The topological polar surface area (TPSA) is 30.7 Å². The molecule has 1 heterocycles. The maximum absolute atomic E-state index is 4.39. The Balaban J connectivity index is 1.69. The summed E-state index contributed by atoms with van der Waals surface area (Å²) in [5, 5.41) is 8.52. The van der Waals surface area contributed by atoms with Crippen LogP contribution in [0, 0.1) is 11.8 Å². The molecule has 0 N–H and O–H groups in total. The van der Waals surface area contributed by atoms with Gasteiger partial charge < -0.3 is 0 Å². The van der Waals surface area contributed by atoms with Gasteiger partial charge in [0, 0.05) is 11.6 Å². The molecule has 2 saturated carbocycles. The lowest BCUT2D eigenvalue weighted by Gasteiger charge is -2.05. The zero-order chi connectivity index (χ0) is 11.9. The van der Waals surface area contributed by atoms with E-state index in [0.717, 1.165) is 11.8 Å². The van der Waals surface area contributed by atoms with Crippen molar-refractivity contribution in [3.63, 3.8) is 0 Å². The van der Waals surface area contributed by atoms with Crippen LogP contribution in [0.3, 0.4) is 0 Å². The van der Waals surface area contributed by atoms with Crippen LogP contribution >= 0.6 is 0 Å². The highest BCUT2D eigenvalue weighted by atomic mass is 15.3. The van der Waals surface area contributed by atoms with Crippen LogP contribution in [0.2, 0.25) is 0 Å². The monoisotopic (exact) mass is 239 g/mol. The van der Waals surface area contributed by atoms with Crippen molar-refractivity contribution in [3.8, 4) is 5.69 Å². The van der Waals surface area contributed by atoms with E-state index in [9.17, 15) is 0 Å². The Morgan fingerprint density at radius 3 is 2.44 bits per heavy atom. The van der Waals surface area contributed by atoms with E-state index in [-0.39, 0.29) is 0 Å². The number of nitrogens with zero attached hydrogens (tertiary/aromatic N) is 3. The molecule has 3 heteroatoms. The number of benzene rings is 1. The number of hydrogen-bond donors (Lipinski definition) is 0. The highest BCUT2D eigenvalue weighted by Gasteiger charge is 2.53. The molecular formula is C15H17N3. The van der Waals surface area contributed by atoms with Crippen molar-refractivity contribution in [1.82, 2.24) is 14.8 Å². The number of fused-ring (bicyclic) bond motifs is 1. The van der Waals surface area contributed by atoms with E-state index in [1.54, 1.807) is 0 Å². The Labute approximate surface area is 107 Å². The summed E-state index contributed by atoms with van der Waals surface area (Å²) < 4.78 is 2.17. The Kier molecular flexibility index (Phi) is 2.25. The van der Waals surface area contributed by atoms with E-state index in [2.05, 4.69) is 39.0 Å². The van der Waals surface area contributed by atoms with E-state index in [1.807, 2.05) is 12.4 Å². The summed E-state index contributed by atoms with van der Waals surface area (Å²) in [6, 6.07) is 10.4. The van der Waals surface area contributed by atoms with Crippen LogP contribution in [0.4, 0.5) is 0 Å². The van der Waals surface area contributed by atoms with Gasteiger partial charge in [-0.15, -0.1) is 10.2 Å². The first-order valence-electron chi connectivity index (χ1n) is 6.90. The lowest BCUT2D eigenvalue weighted by molar-refractivity contribution is 0.480. The van der Waals surface area contributed by atoms with Gasteiger partial charge in [-0.2, -0.15) is 0 Å². The third-order valence-electron chi connectivity index (χ3n) is 4.56. The second-order valence-electron chi connectivity index (χ2n) is 5.53. The Hall–Kier alpha value is -1.64. The molecule has 18 heavy (non-hydrogen) atoms. The van der Waals surface area contributed by atoms with Gasteiger partial charge in [0.2, 0.25) is 0 Å². The fourth-order valence-corrected chi connectivity index (χ4v) is 3.63. The van der Waals surface area contributed by atoms with Gasteiger partial charge in [-0.3, -0.25) is 4.57 Å². The molecule has 1 aromatic heterocycles. The van der Waals surface area contributed by atoms with E-state index >= 15 is 0 Å². The van der Waals surface area contributed by atoms with Crippen LogP contribution in [-0.4, -0.2) is 14.8 Å². The summed E-state index contributed by atoms with van der Waals surface area (Å²) in [5.41, 5.74) is 1.18. The normalized spacial score (nSPS) is 29.9. The molecule has 3 nitrogen and oxygen atoms in total. The van der Waals surface area contributed by atoms with Gasteiger partial charge in [0.15, 0.2) is 0 Å². The van der Waals surface area contributed by atoms with Crippen molar-refractivity contribution in [3.05, 3.63) is 42.5 Å². The first kappa shape index (κ1) is 10.3. The van der Waals surface area contributed by atoms with Gasteiger partial charge in [0.05, 0.1) is 0 Å². The van der Waals surface area contributed by atoms with Crippen molar-refractivity contribution in [2.75, 3.05) is 0 Å². The van der Waals surface area contributed by atoms with Crippen molar-refractivity contribution < 1.29 is 0 Å². The van der Waals surface area contributed by atoms with Crippen LogP contribution in [0.1, 0.15) is 37.4 Å². The van der Waals surface area contributed by atoms with Crippen LogP contribution in [0.25, 0.3) is 5.69 Å². The summed E-state index contributed by atoms with van der Waals surface area (Å²) in [4.78, 5) is 0. The molecule has 2 atom stereocenters. The molecule has 1 aromatic carbocycles. The molecule has 92 valence electrons. The van der Waals surface area contributed by atoms with Crippen LogP contribution in [0.15, 0.2) is 36.7 Å². The first-order valence-corrected chi connectivity index (χ1v) is 6.90. The molecule has 0 saturated heterocycles. The molecule has 2 fully saturated rings. The molecule has 4 rings (SSSR count). The molecule has 0 radical (unpaired) electrons. The Morgan fingerprint density at radius 1 is 1.00 bits per heavy atom. The predicted octanol–water partition coefficient (Wildman–Crippen LogP) is 3.17. The smallest absolute Gasteiger partial charge is 0.141 e. The summed E-state index contributed by atoms with van der Waals surface area (Å²) in [5.74, 6) is 3.60. The highest BCUT2D eigenvalue weighted by molar-refractivity contribution is 5.34. The maximum atomic E-state index is 4.39. The Morgan fingerprint density at radius 2 is 1.72 bits per heavy atom. The summed E-state index contributed by atoms with van der Waals surface area (Å²) >= 11 is 0. The molecule has 0 bridgehead atoms. The fourth-order valence-electron chi connectivity index (χ4n) is 3.63. The highest BCUT2D eigenvalue weighted by Crippen LogP contribution is 2.60. The second kappa shape index (κ2) is 3.94. The molecule has 0 aliphatic heterocycles. The summed E-state index contributed by atoms with van der Waals surface area (Å²) in [6.45, 7) is 0. The quantitative estimate of drug-likeness (QED) is 0.806. The van der Waals surface area contributed by atoms with E-state index in [0.29, 0.717) is 5.92 Å². The molecule has 2 unspecified atom stereocenters. The predicted molar refractivity (Wildman–Crippen MR) is 69.5 cm³/mol. The van der Waals surface area contributed by atoms with Gasteiger partial charge in [0.25, 0.3) is 0 Å². The fraction of sp³-hybridized carbons (Fsp3) is 0.467. The minimum absolute atomic E-state index is 0.662. The number of hydrogen-bond acceptors (Lipinski definition) is 2. The van der Waals surface area contributed by atoms with Gasteiger partial charge in [-0.25, -0.2) is 0 Å². The van der Waals surface area contributed by atoms with Gasteiger partial charge >= 0.3 is 0 Å². The third-order valence-corrected chi connectivity index (χ3v) is 4.56. The van der Waals surface area contributed by atoms with Crippen molar-refractivity contribution >= 4 is 0 Å². The van der Waals surface area contributed by atoms with Crippen LogP contribution in [-0.2, 0) is 0 Å². The largest absolute Gasteiger partial charge is 0.285 e. The number of rotatable bonds is 2. The maximum Gasteiger partial charge on any atom is 0.141 e. The summed E-state index contributed by atoms with van der Waals surface area (Å²) in [7, 11) is 0. The molecule has 0 amide bonds. The van der Waals surface area contributed by atoms with Crippen molar-refractivity contribution in [2.45, 2.75) is 31.6 Å². The average Bonchev–Trinajstić information content (AvgIpc) is 2.96. The van der Waals surface area contributed by atoms with Crippen molar-refractivity contribution in [1.29, 1.82) is 0 Å². The first-order chi connectivity index (χ1) is 8.95. The minimum Gasteiger partial charge on any atom is -0.285 e. The molecule has 0 spiro atoms. The SMILES string of the molecule is c1ccc(-n2cnnc2C2C3CCCCC32)cc1. The second-order valence-corrected chi connectivity index (χ2v) is 5.53. The summed E-state index contributed by atoms with van der Waals surface area (Å²) in [6.07, 6.45) is 7.43. The van der Waals surface area contributed by atoms with E-state index in [1.165, 1.54) is 37.2 Å². The number of aromatic nitrogens is 3. The minimum atomic E-state index is 0.662. The molecular weight excluding hydrogens is 222 g/mol. The van der Waals surface area contributed by atoms with Gasteiger partial charge in [-0.05, 0) is 36.8 Å². The lowest BCUT2D eigenvalue weighted by atomic mass is 10.0. The lowest BCUT2D eigenvalue weighted by Crippen LogP contribution is -2.00. The van der Waals surface area contributed by atoms with Crippen molar-refractivity contribution in [2.24, 2.45) is 11.8 Å². The zero-order valence-corrected chi connectivity index (χ0v) is 10.4. The van der Waals surface area contributed by atoms with E-state index in [4.69, 9.17) is 0 Å². The number of para-hydroxylation sites is 1. The zero-order valence-electron chi connectivity index (χ0n) is 10.4.